The van der Waals surface area contributed by atoms with E-state index in [1.54, 1.807) is 0 Å². The number of carbonyl (C=O) groups excluding carboxylic acids is 1. The van der Waals surface area contributed by atoms with Gasteiger partial charge in [0.1, 0.15) is 11.6 Å². The highest BCUT2D eigenvalue weighted by molar-refractivity contribution is 5.85. The van der Waals surface area contributed by atoms with E-state index in [0.717, 1.165) is 11.6 Å². The van der Waals surface area contributed by atoms with Gasteiger partial charge in [-0.15, -0.1) is 12.4 Å². The molecule has 0 aliphatic heterocycles. The van der Waals surface area contributed by atoms with E-state index >= 15 is 0 Å². The number of benzene rings is 2. The summed E-state index contributed by atoms with van der Waals surface area (Å²) in [5.41, 5.74) is 7.14. The maximum absolute atomic E-state index is 13.9. The third-order valence-corrected chi connectivity index (χ3v) is 3.70. The summed E-state index contributed by atoms with van der Waals surface area (Å²) in [6, 6.07) is 11.5. The second kappa shape index (κ2) is 9.35. The molecule has 3 nitrogen and oxygen atoms in total. The van der Waals surface area contributed by atoms with Crippen molar-refractivity contribution in [2.45, 2.75) is 31.8 Å². The molecule has 3 N–H and O–H groups in total. The Bertz CT molecular complexity index is 667. The van der Waals surface area contributed by atoms with Crippen LogP contribution in [0.3, 0.4) is 0 Å². The van der Waals surface area contributed by atoms with Crippen molar-refractivity contribution in [3.63, 3.8) is 0 Å². The molecule has 2 aromatic carbocycles. The Morgan fingerprint density at radius 2 is 1.83 bits per heavy atom. The molecule has 0 bridgehead atoms. The van der Waals surface area contributed by atoms with Gasteiger partial charge >= 0.3 is 0 Å². The van der Waals surface area contributed by atoms with Crippen LogP contribution >= 0.6 is 12.4 Å². The molecule has 0 aliphatic carbocycles. The molecule has 0 spiro atoms. The molecule has 0 aliphatic rings. The summed E-state index contributed by atoms with van der Waals surface area (Å²) in [5, 5.41) is 2.74. The second-order valence-electron chi connectivity index (χ2n) is 5.43. The number of hydrogen-bond donors (Lipinski definition) is 2. The monoisotopic (exact) mass is 354 g/mol. The SMILES string of the molecule is CCC(NC(=O)[C@@H](N)Cc1ccccc1)c1ccc(F)cc1F.Cl. The molecule has 0 saturated carbocycles. The Labute approximate surface area is 146 Å². The first-order valence-corrected chi connectivity index (χ1v) is 7.56. The molecule has 2 aromatic rings. The number of carbonyl (C=O) groups is 1. The summed E-state index contributed by atoms with van der Waals surface area (Å²) in [6.45, 7) is 1.82. The molecule has 0 radical (unpaired) electrons. The molecule has 1 unspecified atom stereocenters. The summed E-state index contributed by atoms with van der Waals surface area (Å²) in [7, 11) is 0. The molecule has 0 aromatic heterocycles. The van der Waals surface area contributed by atoms with Gasteiger partial charge in [-0.05, 0) is 24.5 Å². The minimum atomic E-state index is -0.727. The molecule has 2 atom stereocenters. The number of hydrogen-bond acceptors (Lipinski definition) is 2. The van der Waals surface area contributed by atoms with Gasteiger partial charge in [-0.25, -0.2) is 8.78 Å². The van der Waals surface area contributed by atoms with Crippen molar-refractivity contribution in [1.29, 1.82) is 0 Å². The minimum absolute atomic E-state index is 0. The first-order chi connectivity index (χ1) is 11.0. The Hall–Kier alpha value is -1.98. The molecular weight excluding hydrogens is 334 g/mol. The molecule has 130 valence electrons. The Kier molecular flexibility index (Phi) is 7.82. The zero-order valence-electron chi connectivity index (χ0n) is 13.3. The second-order valence-corrected chi connectivity index (χ2v) is 5.43. The highest BCUT2D eigenvalue weighted by atomic mass is 35.5. The van der Waals surface area contributed by atoms with E-state index in [1.807, 2.05) is 37.3 Å². The number of amides is 1. The van der Waals surface area contributed by atoms with Crippen molar-refractivity contribution in [2.75, 3.05) is 0 Å². The van der Waals surface area contributed by atoms with Crippen LogP contribution in [0.5, 0.6) is 0 Å². The van der Waals surface area contributed by atoms with Crippen LogP contribution in [0.2, 0.25) is 0 Å². The maximum Gasteiger partial charge on any atom is 0.237 e. The lowest BCUT2D eigenvalue weighted by molar-refractivity contribution is -0.123. The van der Waals surface area contributed by atoms with E-state index in [0.29, 0.717) is 12.8 Å². The van der Waals surface area contributed by atoms with Gasteiger partial charge in [-0.3, -0.25) is 4.79 Å². The highest BCUT2D eigenvalue weighted by Crippen LogP contribution is 2.21. The van der Waals surface area contributed by atoms with Crippen LogP contribution in [0.1, 0.15) is 30.5 Å². The molecular formula is C18H21ClF2N2O. The Morgan fingerprint density at radius 1 is 1.17 bits per heavy atom. The zero-order chi connectivity index (χ0) is 16.8. The van der Waals surface area contributed by atoms with Crippen LogP contribution in [0.4, 0.5) is 8.78 Å². The smallest absolute Gasteiger partial charge is 0.237 e. The molecule has 6 heteroatoms. The van der Waals surface area contributed by atoms with E-state index < -0.39 is 23.7 Å². The predicted molar refractivity (Wildman–Crippen MR) is 92.9 cm³/mol. The van der Waals surface area contributed by atoms with Crippen molar-refractivity contribution in [2.24, 2.45) is 5.73 Å². The first kappa shape index (κ1) is 20.1. The van der Waals surface area contributed by atoms with Crippen molar-refractivity contribution in [1.82, 2.24) is 5.32 Å². The van der Waals surface area contributed by atoms with Gasteiger partial charge in [0, 0.05) is 11.6 Å². The summed E-state index contributed by atoms with van der Waals surface area (Å²) in [6.07, 6.45) is 0.876. The van der Waals surface area contributed by atoms with Crippen LogP contribution in [0.25, 0.3) is 0 Å². The average Bonchev–Trinajstić information content (AvgIpc) is 2.54. The molecule has 0 saturated heterocycles. The van der Waals surface area contributed by atoms with Crippen LogP contribution in [-0.2, 0) is 11.2 Å². The van der Waals surface area contributed by atoms with Gasteiger partial charge in [0.15, 0.2) is 0 Å². The van der Waals surface area contributed by atoms with Crippen molar-refractivity contribution in [3.05, 3.63) is 71.3 Å². The van der Waals surface area contributed by atoms with Crippen molar-refractivity contribution in [3.8, 4) is 0 Å². The lowest BCUT2D eigenvalue weighted by atomic mass is 10.0. The minimum Gasteiger partial charge on any atom is -0.348 e. The maximum atomic E-state index is 13.9. The van der Waals surface area contributed by atoms with Crippen LogP contribution < -0.4 is 11.1 Å². The molecule has 2 rings (SSSR count). The molecule has 0 heterocycles. The fourth-order valence-corrected chi connectivity index (χ4v) is 2.42. The largest absolute Gasteiger partial charge is 0.348 e. The normalized spacial score (nSPS) is 12.8. The fraction of sp³-hybridized carbons (Fsp3) is 0.278. The van der Waals surface area contributed by atoms with Gasteiger partial charge in [0.05, 0.1) is 12.1 Å². The predicted octanol–water partition coefficient (Wildman–Crippen LogP) is 3.52. The van der Waals surface area contributed by atoms with E-state index in [-0.39, 0.29) is 23.9 Å². The van der Waals surface area contributed by atoms with Crippen molar-refractivity contribution >= 4 is 18.3 Å². The van der Waals surface area contributed by atoms with Gasteiger partial charge in [-0.2, -0.15) is 0 Å². The average molecular weight is 355 g/mol. The molecule has 0 fully saturated rings. The first-order valence-electron chi connectivity index (χ1n) is 7.56. The van der Waals surface area contributed by atoms with E-state index in [1.165, 1.54) is 12.1 Å². The number of nitrogens with two attached hydrogens (primary N) is 1. The van der Waals surface area contributed by atoms with E-state index in [2.05, 4.69) is 5.32 Å². The van der Waals surface area contributed by atoms with Crippen molar-refractivity contribution < 1.29 is 13.6 Å². The van der Waals surface area contributed by atoms with Gasteiger partial charge < -0.3 is 11.1 Å². The summed E-state index contributed by atoms with van der Waals surface area (Å²) in [5.74, 6) is -1.67. The quantitative estimate of drug-likeness (QED) is 0.833. The van der Waals surface area contributed by atoms with Crippen LogP contribution in [-0.4, -0.2) is 11.9 Å². The fourth-order valence-electron chi connectivity index (χ4n) is 2.42. The third kappa shape index (κ3) is 5.28. The van der Waals surface area contributed by atoms with E-state index in [9.17, 15) is 13.6 Å². The number of nitrogens with one attached hydrogen (secondary N) is 1. The van der Waals surface area contributed by atoms with Crippen LogP contribution in [0.15, 0.2) is 48.5 Å². The standard InChI is InChI=1S/C18H20F2N2O.ClH/c1-2-17(14-9-8-13(19)11-15(14)20)22-18(23)16(21)10-12-6-4-3-5-7-12;/h3-9,11,16-17H,2,10,21H2,1H3,(H,22,23);1H/t16-,17?;/m0./s1. The molecule has 1 amide bonds. The van der Waals surface area contributed by atoms with Gasteiger partial charge in [0.2, 0.25) is 5.91 Å². The summed E-state index contributed by atoms with van der Waals surface area (Å²) >= 11 is 0. The van der Waals surface area contributed by atoms with Gasteiger partial charge in [0.25, 0.3) is 0 Å². The van der Waals surface area contributed by atoms with Crippen LogP contribution in [0, 0.1) is 11.6 Å². The molecule has 24 heavy (non-hydrogen) atoms. The number of rotatable bonds is 6. The summed E-state index contributed by atoms with van der Waals surface area (Å²) < 4.78 is 26.9. The van der Waals surface area contributed by atoms with Gasteiger partial charge in [-0.1, -0.05) is 43.3 Å². The highest BCUT2D eigenvalue weighted by Gasteiger charge is 2.21. The number of halogens is 3. The topological polar surface area (TPSA) is 55.1 Å². The zero-order valence-corrected chi connectivity index (χ0v) is 14.2. The summed E-state index contributed by atoms with van der Waals surface area (Å²) in [4.78, 5) is 12.2. The Morgan fingerprint density at radius 3 is 2.42 bits per heavy atom. The lowest BCUT2D eigenvalue weighted by Gasteiger charge is -2.21. The van der Waals surface area contributed by atoms with E-state index in [4.69, 9.17) is 5.73 Å². The Balaban J connectivity index is 0.00000288. The third-order valence-electron chi connectivity index (χ3n) is 3.70. The lowest BCUT2D eigenvalue weighted by Crippen LogP contribution is -2.43.